The SMILES string of the molecule is CC(C)C(NC(=O)C(CS(=O)(=O)O)NC(=O)CCCCCN1C(=O)C=CC1=O)C(=O)NC(CCCNC(N)=O)C(=O)Nc1ccc(COC(=O)C(C)(C)C)cc1. The van der Waals surface area contributed by atoms with Gasteiger partial charge in [-0.2, -0.15) is 8.42 Å². The predicted molar refractivity (Wildman–Crippen MR) is 203 cm³/mol. The van der Waals surface area contributed by atoms with Crippen LogP contribution in [-0.2, 0) is 55.0 Å². The first-order chi connectivity index (χ1) is 26.1. The summed E-state index contributed by atoms with van der Waals surface area (Å²) in [6, 6.07) is 1.30. The van der Waals surface area contributed by atoms with Crippen LogP contribution in [0.1, 0.15) is 78.7 Å². The van der Waals surface area contributed by atoms with E-state index in [0.717, 1.165) is 17.1 Å². The maximum Gasteiger partial charge on any atom is 0.312 e. The number of benzene rings is 1. The number of ether oxygens (including phenoxy) is 1. The van der Waals surface area contributed by atoms with Crippen LogP contribution >= 0.6 is 0 Å². The van der Waals surface area contributed by atoms with Gasteiger partial charge in [0, 0.05) is 37.3 Å². The number of amides is 8. The topological polar surface area (TPSA) is 290 Å². The predicted octanol–water partition coefficient (Wildman–Crippen LogP) is 0.647. The van der Waals surface area contributed by atoms with Gasteiger partial charge in [0.25, 0.3) is 21.9 Å². The van der Waals surface area contributed by atoms with E-state index in [-0.39, 0.29) is 51.3 Å². The Morgan fingerprint density at radius 3 is 2.02 bits per heavy atom. The summed E-state index contributed by atoms with van der Waals surface area (Å²) in [7, 11) is -4.80. The van der Waals surface area contributed by atoms with Gasteiger partial charge in [0.2, 0.25) is 23.6 Å². The van der Waals surface area contributed by atoms with Crippen LogP contribution in [0.15, 0.2) is 36.4 Å². The number of carbonyl (C=O) groups excluding carboxylic acids is 8. The van der Waals surface area contributed by atoms with E-state index >= 15 is 0 Å². The number of unbranched alkanes of at least 4 members (excludes halogenated alkanes) is 2. The van der Waals surface area contributed by atoms with E-state index < -0.39 is 86.8 Å². The highest BCUT2D eigenvalue weighted by Gasteiger charge is 2.33. The highest BCUT2D eigenvalue weighted by molar-refractivity contribution is 7.85. The molecule has 0 bridgehead atoms. The van der Waals surface area contributed by atoms with Gasteiger partial charge in [-0.15, -0.1) is 0 Å². The molecule has 19 nitrogen and oxygen atoms in total. The lowest BCUT2D eigenvalue weighted by atomic mass is 9.97. The smallest absolute Gasteiger partial charge is 0.312 e. The van der Waals surface area contributed by atoms with Crippen LogP contribution in [0.25, 0.3) is 0 Å². The average molecular weight is 808 g/mol. The summed E-state index contributed by atoms with van der Waals surface area (Å²) in [5.74, 6) is -6.36. The second-order valence-electron chi connectivity index (χ2n) is 14.6. The lowest BCUT2D eigenvalue weighted by Crippen LogP contribution is -2.59. The molecule has 0 fully saturated rings. The second kappa shape index (κ2) is 21.6. The molecule has 20 heteroatoms. The molecule has 8 amide bonds. The van der Waals surface area contributed by atoms with Gasteiger partial charge in [-0.3, -0.25) is 43.0 Å². The van der Waals surface area contributed by atoms with Crippen LogP contribution in [0.2, 0.25) is 0 Å². The number of nitrogens with zero attached hydrogens (tertiary/aromatic N) is 1. The Bertz CT molecular complexity index is 1720. The molecular formula is C36H53N7O12S. The van der Waals surface area contributed by atoms with Crippen molar-refractivity contribution in [1.29, 1.82) is 0 Å². The Balaban J connectivity index is 2.09. The number of nitrogens with two attached hydrogens (primary N) is 1. The van der Waals surface area contributed by atoms with Gasteiger partial charge < -0.3 is 37.1 Å². The molecule has 1 heterocycles. The number of anilines is 1. The number of esters is 1. The number of nitrogens with one attached hydrogen (secondary N) is 5. The third-order valence-corrected chi connectivity index (χ3v) is 9.02. The van der Waals surface area contributed by atoms with Gasteiger partial charge >= 0.3 is 12.0 Å². The number of carbonyl (C=O) groups is 8. The van der Waals surface area contributed by atoms with Gasteiger partial charge in [-0.05, 0) is 70.1 Å². The first kappa shape index (κ1) is 46.8. The Kier molecular flexibility index (Phi) is 18.1. The number of primary amides is 1. The molecule has 3 unspecified atom stereocenters. The van der Waals surface area contributed by atoms with Crippen molar-refractivity contribution in [2.45, 2.75) is 97.9 Å². The minimum absolute atomic E-state index is 0.0122. The normalized spacial score (nSPS) is 14.4. The molecule has 56 heavy (non-hydrogen) atoms. The minimum atomic E-state index is -4.80. The summed E-state index contributed by atoms with van der Waals surface area (Å²) in [5.41, 5.74) is 5.46. The number of rotatable bonds is 22. The largest absolute Gasteiger partial charge is 0.460 e. The van der Waals surface area contributed by atoms with Gasteiger partial charge in [0.15, 0.2) is 0 Å². The maximum absolute atomic E-state index is 13.6. The highest BCUT2D eigenvalue weighted by Crippen LogP contribution is 2.18. The summed E-state index contributed by atoms with van der Waals surface area (Å²) in [5, 5.41) is 12.4. The zero-order valence-corrected chi connectivity index (χ0v) is 33.0. The van der Waals surface area contributed by atoms with Crippen molar-refractivity contribution < 1.29 is 56.1 Å². The van der Waals surface area contributed by atoms with E-state index in [9.17, 15) is 51.3 Å². The lowest BCUT2D eigenvalue weighted by molar-refractivity contribution is -0.154. The van der Waals surface area contributed by atoms with Crippen molar-refractivity contribution in [2.24, 2.45) is 17.1 Å². The molecular weight excluding hydrogens is 754 g/mol. The van der Waals surface area contributed by atoms with Crippen LogP contribution < -0.4 is 32.3 Å². The summed E-state index contributed by atoms with van der Waals surface area (Å²) >= 11 is 0. The van der Waals surface area contributed by atoms with E-state index in [0.29, 0.717) is 24.1 Å². The summed E-state index contributed by atoms with van der Waals surface area (Å²) in [4.78, 5) is 101. The molecule has 0 saturated carbocycles. The zero-order chi connectivity index (χ0) is 42.2. The van der Waals surface area contributed by atoms with Gasteiger partial charge in [-0.25, -0.2) is 4.79 Å². The fraction of sp³-hybridized carbons (Fsp3) is 0.556. The molecule has 0 aromatic heterocycles. The molecule has 1 aliphatic rings. The van der Waals surface area contributed by atoms with Crippen molar-refractivity contribution in [3.8, 4) is 0 Å². The molecule has 1 aliphatic heterocycles. The molecule has 8 N–H and O–H groups in total. The molecule has 310 valence electrons. The third-order valence-electron chi connectivity index (χ3n) is 8.27. The third kappa shape index (κ3) is 17.0. The fourth-order valence-electron chi connectivity index (χ4n) is 5.16. The summed E-state index contributed by atoms with van der Waals surface area (Å²) < 4.78 is 38.4. The van der Waals surface area contributed by atoms with E-state index in [2.05, 4.69) is 26.6 Å². The van der Waals surface area contributed by atoms with Crippen LogP contribution in [0.3, 0.4) is 0 Å². The second-order valence-corrected chi connectivity index (χ2v) is 16.1. The van der Waals surface area contributed by atoms with Crippen LogP contribution in [0, 0.1) is 11.3 Å². The first-order valence-electron chi connectivity index (χ1n) is 18.1. The van der Waals surface area contributed by atoms with E-state index in [1.807, 2.05) is 0 Å². The molecule has 0 saturated heterocycles. The quantitative estimate of drug-likeness (QED) is 0.0368. The van der Waals surface area contributed by atoms with Gasteiger partial charge in [0.05, 0.1) is 5.41 Å². The monoisotopic (exact) mass is 807 g/mol. The fourth-order valence-corrected chi connectivity index (χ4v) is 5.82. The van der Waals surface area contributed by atoms with Crippen LogP contribution in [-0.4, -0.2) is 102 Å². The highest BCUT2D eigenvalue weighted by atomic mass is 32.2. The summed E-state index contributed by atoms with van der Waals surface area (Å²) in [6.07, 6.45) is 3.46. The lowest BCUT2D eigenvalue weighted by Gasteiger charge is -2.27. The molecule has 0 spiro atoms. The van der Waals surface area contributed by atoms with E-state index in [4.69, 9.17) is 10.5 Å². The van der Waals surface area contributed by atoms with Crippen molar-refractivity contribution in [2.75, 3.05) is 24.2 Å². The number of hydrogen-bond acceptors (Lipinski definition) is 11. The van der Waals surface area contributed by atoms with E-state index in [1.165, 1.54) is 0 Å². The van der Waals surface area contributed by atoms with Gasteiger partial charge in [-0.1, -0.05) is 32.4 Å². The number of imide groups is 1. The van der Waals surface area contributed by atoms with Crippen molar-refractivity contribution in [1.82, 2.24) is 26.2 Å². The van der Waals surface area contributed by atoms with Crippen molar-refractivity contribution >= 4 is 63.2 Å². The molecule has 2 rings (SSSR count). The Labute approximate surface area is 326 Å². The number of urea groups is 1. The summed E-state index contributed by atoms with van der Waals surface area (Å²) in [6.45, 7) is 8.57. The maximum atomic E-state index is 13.6. The van der Waals surface area contributed by atoms with Crippen molar-refractivity contribution in [3.63, 3.8) is 0 Å². The number of hydrogen-bond donors (Lipinski definition) is 7. The van der Waals surface area contributed by atoms with Crippen LogP contribution in [0.5, 0.6) is 0 Å². The Hall–Kier alpha value is -5.37. The molecule has 1 aromatic rings. The van der Waals surface area contributed by atoms with E-state index in [1.54, 1.807) is 58.9 Å². The average Bonchev–Trinajstić information content (AvgIpc) is 3.41. The molecule has 0 radical (unpaired) electrons. The Morgan fingerprint density at radius 1 is 0.839 bits per heavy atom. The Morgan fingerprint density at radius 2 is 1.46 bits per heavy atom. The first-order valence-corrected chi connectivity index (χ1v) is 19.7. The van der Waals surface area contributed by atoms with Crippen LogP contribution in [0.4, 0.5) is 10.5 Å². The molecule has 3 atom stereocenters. The standard InChI is InChI=1S/C36H53N7O12S/c1-22(2)30(42-32(48)26(21-56(52,53)54)40-27(44)11-7-6-8-19-43-28(45)16-17-29(43)46)33(49)41-25(10-9-18-38-35(37)51)31(47)39-24-14-12-23(13-15-24)20-55-34(50)36(3,4)5/h12-17,22,25-26,30H,6-11,18-21H2,1-5H3,(H,39,47)(H,40,44)(H,41,49)(H,42,48)(H3,37,38,51)(H,52,53,54). The molecule has 0 aliphatic carbocycles. The minimum Gasteiger partial charge on any atom is -0.460 e. The molecule has 1 aromatic carbocycles. The van der Waals surface area contributed by atoms with Gasteiger partial charge in [0.1, 0.15) is 30.5 Å². The van der Waals surface area contributed by atoms with Crippen molar-refractivity contribution in [3.05, 3.63) is 42.0 Å². The zero-order valence-electron chi connectivity index (χ0n) is 32.2.